The molecular formula is C17H24F3N3. The summed E-state index contributed by atoms with van der Waals surface area (Å²) in [7, 11) is 0. The molecule has 1 aromatic rings. The van der Waals surface area contributed by atoms with Crippen LogP contribution in [0.3, 0.4) is 0 Å². The van der Waals surface area contributed by atoms with E-state index >= 15 is 0 Å². The molecule has 2 heterocycles. The van der Waals surface area contributed by atoms with Gasteiger partial charge in [0.15, 0.2) is 0 Å². The van der Waals surface area contributed by atoms with Crippen LogP contribution >= 0.6 is 0 Å². The molecule has 128 valence electrons. The first-order valence-electron chi connectivity index (χ1n) is 8.41. The number of anilines is 2. The van der Waals surface area contributed by atoms with Gasteiger partial charge in [0.05, 0.1) is 5.92 Å². The Morgan fingerprint density at radius 2 is 1.57 bits per heavy atom. The minimum atomic E-state index is -4.05. The summed E-state index contributed by atoms with van der Waals surface area (Å²) >= 11 is 0. The van der Waals surface area contributed by atoms with Crippen LogP contribution in [0.15, 0.2) is 24.3 Å². The molecule has 0 aliphatic carbocycles. The van der Waals surface area contributed by atoms with Crippen LogP contribution in [-0.4, -0.2) is 38.4 Å². The normalized spacial score (nSPS) is 21.4. The lowest BCUT2D eigenvalue weighted by Gasteiger charge is -2.34. The van der Waals surface area contributed by atoms with Gasteiger partial charge in [-0.15, -0.1) is 0 Å². The first-order valence-corrected chi connectivity index (χ1v) is 8.41. The maximum absolute atomic E-state index is 12.7. The summed E-state index contributed by atoms with van der Waals surface area (Å²) in [6.07, 6.45) is -1.43. The van der Waals surface area contributed by atoms with Crippen molar-refractivity contribution in [2.24, 2.45) is 5.92 Å². The molecular weight excluding hydrogens is 303 g/mol. The largest absolute Gasteiger partial charge is 0.391 e. The van der Waals surface area contributed by atoms with Crippen LogP contribution in [0.2, 0.25) is 0 Å². The Hall–Kier alpha value is -1.43. The van der Waals surface area contributed by atoms with E-state index in [2.05, 4.69) is 15.5 Å². The van der Waals surface area contributed by atoms with E-state index in [9.17, 15) is 13.2 Å². The van der Waals surface area contributed by atoms with Crippen LogP contribution in [0.5, 0.6) is 0 Å². The molecule has 2 aliphatic heterocycles. The maximum Gasteiger partial charge on any atom is 0.391 e. The van der Waals surface area contributed by atoms with E-state index in [4.69, 9.17) is 0 Å². The molecule has 0 bridgehead atoms. The summed E-state index contributed by atoms with van der Waals surface area (Å²) in [5.74, 6) is -1.14. The summed E-state index contributed by atoms with van der Waals surface area (Å²) in [6.45, 7) is 3.05. The Morgan fingerprint density at radius 3 is 2.13 bits per heavy atom. The second-order valence-electron chi connectivity index (χ2n) is 6.52. The van der Waals surface area contributed by atoms with Gasteiger partial charge >= 0.3 is 6.18 Å². The van der Waals surface area contributed by atoms with Crippen molar-refractivity contribution in [1.29, 1.82) is 0 Å². The van der Waals surface area contributed by atoms with Gasteiger partial charge in [-0.3, -0.25) is 0 Å². The van der Waals surface area contributed by atoms with Crippen LogP contribution < -0.4 is 15.5 Å². The number of halogens is 3. The molecule has 2 aliphatic rings. The van der Waals surface area contributed by atoms with Crippen molar-refractivity contribution in [2.75, 3.05) is 36.4 Å². The molecule has 0 radical (unpaired) electrons. The number of rotatable bonds is 3. The fourth-order valence-corrected chi connectivity index (χ4v) is 3.44. The molecule has 6 heteroatoms. The quantitative estimate of drug-likeness (QED) is 0.888. The molecule has 23 heavy (non-hydrogen) atoms. The summed E-state index contributed by atoms with van der Waals surface area (Å²) < 4.78 is 38.1. The van der Waals surface area contributed by atoms with Gasteiger partial charge in [0.2, 0.25) is 0 Å². The maximum atomic E-state index is 12.7. The van der Waals surface area contributed by atoms with E-state index < -0.39 is 12.1 Å². The smallest absolute Gasteiger partial charge is 0.382 e. The van der Waals surface area contributed by atoms with E-state index in [0.29, 0.717) is 19.1 Å². The van der Waals surface area contributed by atoms with Crippen LogP contribution in [0.25, 0.3) is 0 Å². The first-order chi connectivity index (χ1) is 11.0. The van der Waals surface area contributed by atoms with E-state index in [0.717, 1.165) is 37.3 Å². The molecule has 2 N–H and O–H groups in total. The summed E-state index contributed by atoms with van der Waals surface area (Å²) in [6, 6.07) is 8.60. The highest BCUT2D eigenvalue weighted by atomic mass is 19.4. The molecule has 0 unspecified atom stereocenters. The molecule has 0 amide bonds. The standard InChI is InChI=1S/C17H24F3N3/c18-17(19,20)13-7-11-23(12-8-13)16-3-1-14(2-4-16)22-15-5-9-21-10-6-15/h1-4,13,15,21-22H,5-12H2. The van der Waals surface area contributed by atoms with Crippen molar-refractivity contribution >= 4 is 11.4 Å². The molecule has 0 saturated carbocycles. The van der Waals surface area contributed by atoms with Gasteiger partial charge in [0.1, 0.15) is 0 Å². The molecule has 0 aromatic heterocycles. The number of alkyl halides is 3. The zero-order valence-electron chi connectivity index (χ0n) is 13.2. The number of piperidine rings is 2. The van der Waals surface area contributed by atoms with Crippen molar-refractivity contribution in [2.45, 2.75) is 37.9 Å². The number of benzene rings is 1. The van der Waals surface area contributed by atoms with Gasteiger partial charge in [0, 0.05) is 30.5 Å². The van der Waals surface area contributed by atoms with Crippen LogP contribution in [0, 0.1) is 5.92 Å². The first kappa shape index (κ1) is 16.4. The highest BCUT2D eigenvalue weighted by Crippen LogP contribution is 2.35. The lowest BCUT2D eigenvalue weighted by molar-refractivity contribution is -0.179. The van der Waals surface area contributed by atoms with E-state index in [1.54, 1.807) is 0 Å². The highest BCUT2D eigenvalue weighted by molar-refractivity contribution is 5.55. The lowest BCUT2D eigenvalue weighted by Crippen LogP contribution is -2.39. The predicted molar refractivity (Wildman–Crippen MR) is 86.9 cm³/mol. The van der Waals surface area contributed by atoms with Crippen LogP contribution in [0.4, 0.5) is 24.5 Å². The van der Waals surface area contributed by atoms with Crippen molar-refractivity contribution < 1.29 is 13.2 Å². The minimum absolute atomic E-state index is 0.193. The third kappa shape index (κ3) is 4.31. The summed E-state index contributed by atoms with van der Waals surface area (Å²) in [5.41, 5.74) is 2.10. The van der Waals surface area contributed by atoms with Crippen molar-refractivity contribution in [1.82, 2.24) is 5.32 Å². The average molecular weight is 327 g/mol. The fraction of sp³-hybridized carbons (Fsp3) is 0.647. The molecule has 0 atom stereocenters. The topological polar surface area (TPSA) is 27.3 Å². The Kier molecular flexibility index (Phi) is 4.99. The average Bonchev–Trinajstić information content (AvgIpc) is 2.56. The lowest BCUT2D eigenvalue weighted by atomic mass is 9.96. The molecule has 3 nitrogen and oxygen atoms in total. The molecule has 2 fully saturated rings. The summed E-state index contributed by atoms with van der Waals surface area (Å²) in [4.78, 5) is 2.05. The van der Waals surface area contributed by atoms with Gasteiger partial charge in [-0.25, -0.2) is 0 Å². The Bertz CT molecular complexity index is 487. The molecule has 0 spiro atoms. The highest BCUT2D eigenvalue weighted by Gasteiger charge is 2.41. The molecule has 1 aromatic carbocycles. The minimum Gasteiger partial charge on any atom is -0.382 e. The van der Waals surface area contributed by atoms with Crippen LogP contribution in [-0.2, 0) is 0 Å². The van der Waals surface area contributed by atoms with Crippen LogP contribution in [0.1, 0.15) is 25.7 Å². The Balaban J connectivity index is 1.53. The SMILES string of the molecule is FC(F)(F)C1CCN(c2ccc(NC3CCNCC3)cc2)CC1. The van der Waals surface area contributed by atoms with Crippen molar-refractivity contribution in [3.63, 3.8) is 0 Å². The number of hydrogen-bond acceptors (Lipinski definition) is 3. The zero-order chi connectivity index (χ0) is 16.3. The van der Waals surface area contributed by atoms with Gasteiger partial charge < -0.3 is 15.5 Å². The van der Waals surface area contributed by atoms with Gasteiger partial charge in [-0.2, -0.15) is 13.2 Å². The molecule has 2 saturated heterocycles. The number of hydrogen-bond donors (Lipinski definition) is 2. The second kappa shape index (κ2) is 6.99. The third-order valence-electron chi connectivity index (χ3n) is 4.90. The second-order valence-corrected chi connectivity index (χ2v) is 6.52. The number of nitrogens with zero attached hydrogens (tertiary/aromatic N) is 1. The van der Waals surface area contributed by atoms with E-state index in [1.165, 1.54) is 0 Å². The Labute approximate surface area is 135 Å². The predicted octanol–water partition coefficient (Wildman–Crippen LogP) is 3.63. The van der Waals surface area contributed by atoms with Gasteiger partial charge in [-0.05, 0) is 63.0 Å². The van der Waals surface area contributed by atoms with Gasteiger partial charge in [-0.1, -0.05) is 0 Å². The fourth-order valence-electron chi connectivity index (χ4n) is 3.44. The zero-order valence-corrected chi connectivity index (χ0v) is 13.2. The van der Waals surface area contributed by atoms with E-state index in [-0.39, 0.29) is 12.8 Å². The van der Waals surface area contributed by atoms with Crippen molar-refractivity contribution in [3.05, 3.63) is 24.3 Å². The third-order valence-corrected chi connectivity index (χ3v) is 4.90. The summed E-state index contributed by atoms with van der Waals surface area (Å²) in [5, 5.41) is 6.87. The molecule has 3 rings (SSSR count). The van der Waals surface area contributed by atoms with Crippen molar-refractivity contribution in [3.8, 4) is 0 Å². The number of nitrogens with one attached hydrogen (secondary N) is 2. The monoisotopic (exact) mass is 327 g/mol. The van der Waals surface area contributed by atoms with E-state index in [1.807, 2.05) is 24.3 Å². The Morgan fingerprint density at radius 1 is 0.957 bits per heavy atom. The van der Waals surface area contributed by atoms with Gasteiger partial charge in [0.25, 0.3) is 0 Å².